The molecule has 6 heteroatoms. The van der Waals surface area contributed by atoms with Crippen molar-refractivity contribution < 1.29 is 14.1 Å². The van der Waals surface area contributed by atoms with Gasteiger partial charge >= 0.3 is 6.09 Å². The van der Waals surface area contributed by atoms with Crippen LogP contribution in [0.4, 0.5) is 10.5 Å². The van der Waals surface area contributed by atoms with E-state index in [2.05, 4.69) is 10.5 Å². The molecule has 1 aromatic heterocycles. The van der Waals surface area contributed by atoms with E-state index in [1.54, 1.807) is 38.1 Å². The normalized spacial score (nSPS) is 11.4. The third-order valence-electron chi connectivity index (χ3n) is 2.78. The summed E-state index contributed by atoms with van der Waals surface area (Å²) in [6.45, 7) is 3.46. The summed E-state index contributed by atoms with van der Waals surface area (Å²) < 4.78 is 9.95. The number of aromatic nitrogens is 1. The summed E-state index contributed by atoms with van der Waals surface area (Å²) in [4.78, 5) is 11.7. The molecule has 0 aliphatic heterocycles. The molecular formula is C14H13N3O3. The highest BCUT2D eigenvalue weighted by Crippen LogP contribution is 2.19. The number of ether oxygens (including phenoxy) is 1. The summed E-state index contributed by atoms with van der Waals surface area (Å²) in [5, 5.41) is 14.9. The average Bonchev–Trinajstić information content (AvgIpc) is 2.84. The Morgan fingerprint density at radius 2 is 2.15 bits per heavy atom. The van der Waals surface area contributed by atoms with Gasteiger partial charge in [-0.3, -0.25) is 5.32 Å². The van der Waals surface area contributed by atoms with Crippen LogP contribution in [0.3, 0.4) is 0 Å². The molecule has 0 unspecified atom stereocenters. The molecule has 1 atom stereocenters. The van der Waals surface area contributed by atoms with Crippen molar-refractivity contribution in [2.75, 3.05) is 5.32 Å². The quantitative estimate of drug-likeness (QED) is 0.926. The zero-order chi connectivity index (χ0) is 14.5. The fourth-order valence-electron chi connectivity index (χ4n) is 1.61. The monoisotopic (exact) mass is 271 g/mol. The lowest BCUT2D eigenvalue weighted by molar-refractivity contribution is 0.121. The molecule has 0 spiro atoms. The molecule has 1 heterocycles. The van der Waals surface area contributed by atoms with Gasteiger partial charge in [-0.25, -0.2) is 4.79 Å². The first-order valence-electron chi connectivity index (χ1n) is 5.99. The van der Waals surface area contributed by atoms with Gasteiger partial charge in [0.1, 0.15) is 23.7 Å². The van der Waals surface area contributed by atoms with E-state index in [0.29, 0.717) is 16.9 Å². The predicted octanol–water partition coefficient (Wildman–Crippen LogP) is 3.16. The molecule has 0 saturated heterocycles. The van der Waals surface area contributed by atoms with Crippen LogP contribution in [0.2, 0.25) is 0 Å². The lowest BCUT2D eigenvalue weighted by atomic mass is 10.1. The van der Waals surface area contributed by atoms with Crippen LogP contribution in [0.1, 0.15) is 29.8 Å². The van der Waals surface area contributed by atoms with Crippen molar-refractivity contribution in [2.45, 2.75) is 20.0 Å². The Labute approximate surface area is 115 Å². The number of nitriles is 1. The molecule has 0 aliphatic rings. The van der Waals surface area contributed by atoms with Gasteiger partial charge in [0.2, 0.25) is 0 Å². The Morgan fingerprint density at radius 1 is 1.45 bits per heavy atom. The number of hydrogen-bond acceptors (Lipinski definition) is 5. The van der Waals surface area contributed by atoms with Crippen LogP contribution in [0.5, 0.6) is 0 Å². The Balaban J connectivity index is 1.96. The molecule has 0 radical (unpaired) electrons. The molecule has 0 saturated carbocycles. The zero-order valence-electron chi connectivity index (χ0n) is 11.1. The molecule has 0 aliphatic carbocycles. The van der Waals surface area contributed by atoms with E-state index >= 15 is 0 Å². The van der Waals surface area contributed by atoms with Crippen molar-refractivity contribution in [2.24, 2.45) is 0 Å². The second-order valence-electron chi connectivity index (χ2n) is 4.22. The topological polar surface area (TPSA) is 88.2 Å². The smallest absolute Gasteiger partial charge is 0.412 e. The van der Waals surface area contributed by atoms with Crippen LogP contribution < -0.4 is 5.32 Å². The number of hydrogen-bond donors (Lipinski definition) is 1. The van der Waals surface area contributed by atoms with Gasteiger partial charge in [0, 0.05) is 0 Å². The third kappa shape index (κ3) is 3.14. The van der Waals surface area contributed by atoms with Crippen LogP contribution in [0, 0.1) is 18.3 Å². The molecule has 0 fully saturated rings. The van der Waals surface area contributed by atoms with Crippen molar-refractivity contribution in [3.8, 4) is 6.07 Å². The summed E-state index contributed by atoms with van der Waals surface area (Å²) >= 11 is 0. The van der Waals surface area contributed by atoms with Gasteiger partial charge in [-0.05, 0) is 31.5 Å². The second kappa shape index (κ2) is 5.89. The van der Waals surface area contributed by atoms with Gasteiger partial charge in [-0.15, -0.1) is 0 Å². The van der Waals surface area contributed by atoms with Gasteiger partial charge in [0.25, 0.3) is 0 Å². The minimum atomic E-state index is -0.590. The molecular weight excluding hydrogens is 258 g/mol. The fraction of sp³-hybridized carbons (Fsp3) is 0.214. The highest BCUT2D eigenvalue weighted by molar-refractivity contribution is 5.85. The number of rotatable bonds is 3. The zero-order valence-corrected chi connectivity index (χ0v) is 11.1. The number of anilines is 1. The van der Waals surface area contributed by atoms with Crippen LogP contribution >= 0.6 is 0 Å². The number of carbonyl (C=O) groups is 1. The molecule has 102 valence electrons. The molecule has 20 heavy (non-hydrogen) atoms. The molecule has 2 rings (SSSR count). The highest BCUT2D eigenvalue weighted by atomic mass is 16.6. The third-order valence-corrected chi connectivity index (χ3v) is 2.78. The first-order chi connectivity index (χ1) is 9.60. The Kier molecular flexibility index (Phi) is 4.01. The SMILES string of the molecule is Cc1nocc1NC(=O)O[C@H](C)c1ccc(C#N)cc1. The van der Waals surface area contributed by atoms with Gasteiger partial charge in [0.05, 0.1) is 11.6 Å². The predicted molar refractivity (Wildman–Crippen MR) is 70.9 cm³/mol. The molecule has 0 bridgehead atoms. The Morgan fingerprint density at radius 3 is 2.70 bits per heavy atom. The Bertz CT molecular complexity index is 640. The molecule has 6 nitrogen and oxygen atoms in total. The van der Waals surface area contributed by atoms with Crippen molar-refractivity contribution in [1.29, 1.82) is 5.26 Å². The van der Waals surface area contributed by atoms with Gasteiger partial charge < -0.3 is 9.26 Å². The largest absolute Gasteiger partial charge is 0.441 e. The van der Waals surface area contributed by atoms with Crippen molar-refractivity contribution in [3.63, 3.8) is 0 Å². The fourth-order valence-corrected chi connectivity index (χ4v) is 1.61. The van der Waals surface area contributed by atoms with E-state index in [0.717, 1.165) is 5.56 Å². The van der Waals surface area contributed by atoms with Gasteiger partial charge in [0.15, 0.2) is 0 Å². The van der Waals surface area contributed by atoms with E-state index in [9.17, 15) is 4.79 Å². The molecule has 1 amide bonds. The first kappa shape index (κ1) is 13.6. The van der Waals surface area contributed by atoms with E-state index in [4.69, 9.17) is 14.5 Å². The lowest BCUT2D eigenvalue weighted by Gasteiger charge is -2.13. The summed E-state index contributed by atoms with van der Waals surface area (Å²) in [5.41, 5.74) is 2.42. The summed E-state index contributed by atoms with van der Waals surface area (Å²) in [5.74, 6) is 0. The standard InChI is InChI=1S/C14H13N3O3/c1-9-13(8-19-17-9)16-14(18)20-10(2)12-5-3-11(7-15)4-6-12/h3-6,8,10H,1-2H3,(H,16,18)/t10-/m1/s1. The van der Waals surface area contributed by atoms with Crippen molar-refractivity contribution in [1.82, 2.24) is 5.16 Å². The average molecular weight is 271 g/mol. The Hall–Kier alpha value is -2.81. The number of nitrogens with zero attached hydrogens (tertiary/aromatic N) is 2. The number of nitrogens with one attached hydrogen (secondary N) is 1. The second-order valence-corrected chi connectivity index (χ2v) is 4.22. The van der Waals surface area contributed by atoms with E-state index < -0.39 is 12.2 Å². The van der Waals surface area contributed by atoms with E-state index in [1.165, 1.54) is 6.26 Å². The lowest BCUT2D eigenvalue weighted by Crippen LogP contribution is -2.16. The number of benzene rings is 1. The number of aryl methyl sites for hydroxylation is 1. The summed E-state index contributed by atoms with van der Waals surface area (Å²) in [7, 11) is 0. The summed E-state index contributed by atoms with van der Waals surface area (Å²) in [6.07, 6.45) is 0.319. The van der Waals surface area contributed by atoms with E-state index in [-0.39, 0.29) is 0 Å². The molecule has 2 aromatic rings. The summed E-state index contributed by atoms with van der Waals surface area (Å²) in [6, 6.07) is 8.89. The maximum Gasteiger partial charge on any atom is 0.412 e. The van der Waals surface area contributed by atoms with Crippen LogP contribution in [-0.4, -0.2) is 11.2 Å². The van der Waals surface area contributed by atoms with Crippen molar-refractivity contribution in [3.05, 3.63) is 47.3 Å². The maximum atomic E-state index is 11.7. The van der Waals surface area contributed by atoms with Crippen LogP contribution in [-0.2, 0) is 4.74 Å². The van der Waals surface area contributed by atoms with Crippen LogP contribution in [0.25, 0.3) is 0 Å². The minimum absolute atomic E-state index is 0.428. The molecule has 1 N–H and O–H groups in total. The first-order valence-corrected chi connectivity index (χ1v) is 5.99. The van der Waals surface area contributed by atoms with Crippen LogP contribution in [0.15, 0.2) is 35.1 Å². The van der Waals surface area contributed by atoms with Gasteiger partial charge in [-0.2, -0.15) is 5.26 Å². The maximum absolute atomic E-state index is 11.7. The molecule has 1 aromatic carbocycles. The van der Waals surface area contributed by atoms with E-state index in [1.807, 2.05) is 6.07 Å². The van der Waals surface area contributed by atoms with Crippen molar-refractivity contribution >= 4 is 11.8 Å². The number of amides is 1. The number of carbonyl (C=O) groups excluding carboxylic acids is 1. The van der Waals surface area contributed by atoms with Gasteiger partial charge in [-0.1, -0.05) is 17.3 Å². The minimum Gasteiger partial charge on any atom is -0.441 e. The highest BCUT2D eigenvalue weighted by Gasteiger charge is 2.13.